The zero-order valence-corrected chi connectivity index (χ0v) is 15.7. The normalized spacial score (nSPS) is 12.0. The number of carbonyl (C=O) groups is 2. The summed E-state index contributed by atoms with van der Waals surface area (Å²) < 4.78 is 11.9. The number of aromatic nitrogens is 2. The maximum absolute atomic E-state index is 12.0. The lowest BCUT2D eigenvalue weighted by molar-refractivity contribution is 0.0528. The number of amides is 1. The fourth-order valence-corrected chi connectivity index (χ4v) is 2.16. The van der Waals surface area contributed by atoms with Crippen molar-refractivity contribution in [3.8, 4) is 0 Å². The van der Waals surface area contributed by atoms with Crippen LogP contribution in [0.25, 0.3) is 0 Å². The Morgan fingerprint density at radius 1 is 1.25 bits per heavy atom. The number of ether oxygens (including phenoxy) is 2. The molecule has 0 aliphatic heterocycles. The van der Waals surface area contributed by atoms with Crippen LogP contribution < -0.4 is 5.32 Å². The molecular weight excluding hydrogens is 310 g/mol. The van der Waals surface area contributed by atoms with E-state index in [9.17, 15) is 9.59 Å². The third kappa shape index (κ3) is 5.25. The molecule has 1 amide bonds. The van der Waals surface area contributed by atoms with Crippen molar-refractivity contribution in [2.24, 2.45) is 0 Å². The van der Waals surface area contributed by atoms with Crippen LogP contribution in [0.1, 0.15) is 64.0 Å². The Bertz CT molecular complexity index is 585. The van der Waals surface area contributed by atoms with Crippen molar-refractivity contribution in [1.82, 2.24) is 15.1 Å². The molecular formula is C17H29N3O4. The number of methoxy groups -OCH3 is 1. The second-order valence-corrected chi connectivity index (χ2v) is 7.25. The van der Waals surface area contributed by atoms with Gasteiger partial charge in [-0.25, -0.2) is 9.59 Å². The number of hydrogen-bond donors (Lipinski definition) is 1. The quantitative estimate of drug-likeness (QED) is 0.806. The summed E-state index contributed by atoms with van der Waals surface area (Å²) in [4.78, 5) is 23.7. The smallest absolute Gasteiger partial charge is 0.407 e. The van der Waals surface area contributed by atoms with Gasteiger partial charge in [-0.3, -0.25) is 4.68 Å². The first kappa shape index (κ1) is 20.0. The zero-order chi connectivity index (χ0) is 18.5. The van der Waals surface area contributed by atoms with E-state index < -0.39 is 17.7 Å². The van der Waals surface area contributed by atoms with Crippen LogP contribution >= 0.6 is 0 Å². The molecule has 0 fully saturated rings. The van der Waals surface area contributed by atoms with Crippen LogP contribution in [-0.2, 0) is 21.4 Å². The van der Waals surface area contributed by atoms with Crippen LogP contribution in [0, 0.1) is 0 Å². The second kappa shape index (κ2) is 7.68. The van der Waals surface area contributed by atoms with E-state index in [0.29, 0.717) is 18.5 Å². The summed E-state index contributed by atoms with van der Waals surface area (Å²) in [5, 5.41) is 7.06. The zero-order valence-electron chi connectivity index (χ0n) is 15.7. The Morgan fingerprint density at radius 3 is 2.38 bits per heavy atom. The van der Waals surface area contributed by atoms with Crippen LogP contribution in [0.4, 0.5) is 4.79 Å². The molecule has 0 spiro atoms. The first-order chi connectivity index (χ1) is 11.0. The number of hydrogen-bond acceptors (Lipinski definition) is 5. The lowest BCUT2D eigenvalue weighted by Gasteiger charge is -2.26. The molecule has 1 rings (SSSR count). The van der Waals surface area contributed by atoms with Gasteiger partial charge in [0, 0.05) is 13.0 Å². The Morgan fingerprint density at radius 2 is 1.88 bits per heavy atom. The predicted molar refractivity (Wildman–Crippen MR) is 91.1 cm³/mol. The molecule has 0 bridgehead atoms. The molecule has 1 aromatic rings. The molecule has 0 saturated heterocycles. The van der Waals surface area contributed by atoms with Gasteiger partial charge in [0.2, 0.25) is 0 Å². The Balaban J connectivity index is 2.90. The molecule has 0 radical (unpaired) electrons. The summed E-state index contributed by atoms with van der Waals surface area (Å²) in [7, 11) is 1.34. The van der Waals surface area contributed by atoms with Gasteiger partial charge in [0.05, 0.1) is 24.5 Å². The molecule has 7 nitrogen and oxygen atoms in total. The van der Waals surface area contributed by atoms with Crippen molar-refractivity contribution in [3.05, 3.63) is 17.5 Å². The van der Waals surface area contributed by atoms with Crippen LogP contribution in [0.3, 0.4) is 0 Å². The number of carbonyl (C=O) groups excluding carboxylic acids is 2. The molecule has 1 N–H and O–H groups in total. The highest BCUT2D eigenvalue weighted by atomic mass is 16.6. The monoisotopic (exact) mass is 339 g/mol. The molecule has 1 heterocycles. The molecule has 0 aromatic carbocycles. The summed E-state index contributed by atoms with van der Waals surface area (Å²) in [5.41, 5.74) is 0.371. The third-order valence-corrected chi connectivity index (χ3v) is 3.74. The van der Waals surface area contributed by atoms with Gasteiger partial charge in [-0.05, 0) is 41.0 Å². The van der Waals surface area contributed by atoms with E-state index in [0.717, 1.165) is 12.1 Å². The van der Waals surface area contributed by atoms with E-state index in [1.807, 2.05) is 18.5 Å². The van der Waals surface area contributed by atoms with Crippen LogP contribution in [0.15, 0.2) is 6.20 Å². The van der Waals surface area contributed by atoms with Crippen molar-refractivity contribution >= 4 is 12.1 Å². The maximum Gasteiger partial charge on any atom is 0.407 e. The molecule has 136 valence electrons. The second-order valence-electron chi connectivity index (χ2n) is 7.25. The number of nitrogens with zero attached hydrogens (tertiary/aromatic N) is 2. The first-order valence-corrected chi connectivity index (χ1v) is 8.14. The van der Waals surface area contributed by atoms with Crippen molar-refractivity contribution < 1.29 is 19.1 Å². The summed E-state index contributed by atoms with van der Waals surface area (Å²) in [5.74, 6) is -0.430. The lowest BCUT2D eigenvalue weighted by Crippen LogP contribution is -2.35. The third-order valence-electron chi connectivity index (χ3n) is 3.74. The van der Waals surface area contributed by atoms with E-state index in [1.165, 1.54) is 13.3 Å². The number of nitrogens with one attached hydrogen (secondary N) is 1. The van der Waals surface area contributed by atoms with Crippen LogP contribution in [-0.4, -0.2) is 41.1 Å². The molecule has 0 unspecified atom stereocenters. The largest absolute Gasteiger partial charge is 0.465 e. The number of alkyl carbamates (subject to hydrolysis) is 1. The average Bonchev–Trinajstić information content (AvgIpc) is 2.89. The molecule has 7 heteroatoms. The summed E-state index contributed by atoms with van der Waals surface area (Å²) in [6, 6.07) is 0. The van der Waals surface area contributed by atoms with Gasteiger partial charge in [-0.15, -0.1) is 0 Å². The predicted octanol–water partition coefficient (Wildman–Crippen LogP) is 2.88. The fraction of sp³-hybridized carbons (Fsp3) is 0.706. The number of rotatable bonds is 6. The van der Waals surface area contributed by atoms with Gasteiger partial charge in [-0.2, -0.15) is 5.10 Å². The summed E-state index contributed by atoms with van der Waals surface area (Å²) in [6.07, 6.45) is 2.34. The van der Waals surface area contributed by atoms with Crippen molar-refractivity contribution in [2.75, 3.05) is 13.7 Å². The van der Waals surface area contributed by atoms with Crippen molar-refractivity contribution in [2.45, 2.75) is 65.5 Å². The minimum absolute atomic E-state index is 0.243. The van der Waals surface area contributed by atoms with Gasteiger partial charge in [0.1, 0.15) is 11.2 Å². The molecule has 0 atom stereocenters. The van der Waals surface area contributed by atoms with Gasteiger partial charge in [0.15, 0.2) is 0 Å². The van der Waals surface area contributed by atoms with Crippen LogP contribution in [0.5, 0.6) is 0 Å². The summed E-state index contributed by atoms with van der Waals surface area (Å²) >= 11 is 0. The van der Waals surface area contributed by atoms with Gasteiger partial charge >= 0.3 is 12.1 Å². The minimum atomic E-state index is -0.548. The van der Waals surface area contributed by atoms with Gasteiger partial charge in [-0.1, -0.05) is 6.92 Å². The van der Waals surface area contributed by atoms with E-state index >= 15 is 0 Å². The van der Waals surface area contributed by atoms with E-state index in [-0.39, 0.29) is 5.54 Å². The highest BCUT2D eigenvalue weighted by Crippen LogP contribution is 2.23. The number of esters is 1. The van der Waals surface area contributed by atoms with E-state index in [2.05, 4.69) is 17.3 Å². The van der Waals surface area contributed by atoms with Gasteiger partial charge < -0.3 is 14.8 Å². The fourth-order valence-electron chi connectivity index (χ4n) is 2.16. The van der Waals surface area contributed by atoms with E-state index in [1.54, 1.807) is 20.8 Å². The Hall–Kier alpha value is -2.05. The van der Waals surface area contributed by atoms with Crippen molar-refractivity contribution in [3.63, 3.8) is 0 Å². The molecule has 1 aromatic heterocycles. The highest BCUT2D eigenvalue weighted by Gasteiger charge is 2.26. The Labute approximate surface area is 143 Å². The standard InChI is InChI=1S/C17H29N3O4/c1-8-17(5,6)20-13(12(11-19-20)14(21)23-7)9-10-18-15(22)24-16(2,3)4/h11H,8-10H2,1-7H3,(H,18,22). The average molecular weight is 339 g/mol. The SMILES string of the molecule is CCC(C)(C)n1ncc(C(=O)OC)c1CCNC(=O)OC(C)(C)C. The summed E-state index contributed by atoms with van der Waals surface area (Å²) in [6.45, 7) is 11.9. The van der Waals surface area contributed by atoms with Crippen LogP contribution in [0.2, 0.25) is 0 Å². The highest BCUT2D eigenvalue weighted by molar-refractivity contribution is 5.90. The minimum Gasteiger partial charge on any atom is -0.465 e. The molecule has 0 aliphatic rings. The van der Waals surface area contributed by atoms with Crippen molar-refractivity contribution in [1.29, 1.82) is 0 Å². The molecule has 24 heavy (non-hydrogen) atoms. The maximum atomic E-state index is 12.0. The van der Waals surface area contributed by atoms with E-state index in [4.69, 9.17) is 9.47 Å². The molecule has 0 saturated carbocycles. The molecule has 0 aliphatic carbocycles. The first-order valence-electron chi connectivity index (χ1n) is 8.14. The lowest BCUT2D eigenvalue weighted by atomic mass is 10.0. The topological polar surface area (TPSA) is 82.5 Å². The Kier molecular flexibility index (Phi) is 6.40. The van der Waals surface area contributed by atoms with Gasteiger partial charge in [0.25, 0.3) is 0 Å².